The molecule has 1 heterocycles. The number of anilines is 1. The average molecular weight is 330 g/mol. The highest BCUT2D eigenvalue weighted by atomic mass is 35.5. The second-order valence-corrected chi connectivity index (χ2v) is 6.21. The minimum Gasteiger partial charge on any atom is -0.330 e. The fourth-order valence-electron chi connectivity index (χ4n) is 2.22. The molecule has 0 aliphatic carbocycles. The molecule has 2 rings (SSSR count). The lowest BCUT2D eigenvalue weighted by atomic mass is 10.1. The first-order valence-electron chi connectivity index (χ1n) is 7.17. The Morgan fingerprint density at radius 1 is 1.24 bits per heavy atom. The predicted octanol–water partition coefficient (Wildman–Crippen LogP) is 1.99. The molecule has 0 aromatic heterocycles. The van der Waals surface area contributed by atoms with Crippen molar-refractivity contribution in [2.24, 2.45) is 5.73 Å². The Hall–Kier alpha value is -0.750. The minimum absolute atomic E-state index is 0. The van der Waals surface area contributed by atoms with Crippen molar-refractivity contribution >= 4 is 35.8 Å². The third kappa shape index (κ3) is 6.70. The van der Waals surface area contributed by atoms with Crippen LogP contribution >= 0.6 is 24.2 Å². The number of benzene rings is 1. The van der Waals surface area contributed by atoms with Gasteiger partial charge < -0.3 is 16.0 Å². The highest BCUT2D eigenvalue weighted by Gasteiger charge is 2.09. The molecule has 0 bridgehead atoms. The SMILES string of the molecule is Cl.NCCC(=O)Nc1ccc(CCN2CCSCC2)cc1. The predicted molar refractivity (Wildman–Crippen MR) is 93.5 cm³/mol. The van der Waals surface area contributed by atoms with Gasteiger partial charge in [0.2, 0.25) is 5.91 Å². The van der Waals surface area contributed by atoms with E-state index in [4.69, 9.17) is 5.73 Å². The molecule has 3 N–H and O–H groups in total. The number of rotatable bonds is 6. The summed E-state index contributed by atoms with van der Waals surface area (Å²) in [7, 11) is 0. The number of nitrogens with one attached hydrogen (secondary N) is 1. The van der Waals surface area contributed by atoms with Gasteiger partial charge in [0.15, 0.2) is 0 Å². The maximum Gasteiger partial charge on any atom is 0.225 e. The van der Waals surface area contributed by atoms with Crippen LogP contribution < -0.4 is 11.1 Å². The first kappa shape index (κ1) is 18.3. The Morgan fingerprint density at radius 3 is 2.52 bits per heavy atom. The molecule has 4 nitrogen and oxygen atoms in total. The molecule has 1 aromatic carbocycles. The van der Waals surface area contributed by atoms with E-state index in [1.807, 2.05) is 23.9 Å². The number of nitrogens with zero attached hydrogens (tertiary/aromatic N) is 1. The summed E-state index contributed by atoms with van der Waals surface area (Å²) in [4.78, 5) is 14.0. The van der Waals surface area contributed by atoms with E-state index < -0.39 is 0 Å². The van der Waals surface area contributed by atoms with E-state index in [1.54, 1.807) is 0 Å². The van der Waals surface area contributed by atoms with Gasteiger partial charge in [-0.05, 0) is 24.1 Å². The van der Waals surface area contributed by atoms with E-state index in [0.29, 0.717) is 13.0 Å². The number of hydrogen-bond acceptors (Lipinski definition) is 4. The third-order valence-corrected chi connectivity index (χ3v) is 4.37. The van der Waals surface area contributed by atoms with Gasteiger partial charge in [0.05, 0.1) is 0 Å². The smallest absolute Gasteiger partial charge is 0.225 e. The Kier molecular flexibility index (Phi) is 8.76. The molecular formula is C15H24ClN3OS. The number of halogens is 1. The van der Waals surface area contributed by atoms with Crippen LogP contribution in [0.15, 0.2) is 24.3 Å². The summed E-state index contributed by atoms with van der Waals surface area (Å²) in [6, 6.07) is 8.12. The standard InChI is InChI=1S/C15H23N3OS.ClH/c16-7-5-15(19)17-14-3-1-13(2-4-14)6-8-18-9-11-20-12-10-18;/h1-4H,5-12,16H2,(H,17,19);1H. The van der Waals surface area contributed by atoms with Gasteiger partial charge in [0.25, 0.3) is 0 Å². The molecule has 6 heteroatoms. The highest BCUT2D eigenvalue weighted by molar-refractivity contribution is 7.99. The van der Waals surface area contributed by atoms with E-state index in [-0.39, 0.29) is 18.3 Å². The molecule has 1 aliphatic rings. The van der Waals surface area contributed by atoms with Crippen LogP contribution in [0.2, 0.25) is 0 Å². The summed E-state index contributed by atoms with van der Waals surface area (Å²) in [5.41, 5.74) is 7.52. The van der Waals surface area contributed by atoms with Crippen molar-refractivity contribution < 1.29 is 4.79 Å². The first-order valence-corrected chi connectivity index (χ1v) is 8.32. The molecule has 1 amide bonds. The largest absolute Gasteiger partial charge is 0.330 e. The fourth-order valence-corrected chi connectivity index (χ4v) is 3.20. The van der Waals surface area contributed by atoms with Gasteiger partial charge in [-0.3, -0.25) is 4.79 Å². The van der Waals surface area contributed by atoms with Crippen LogP contribution in [0.5, 0.6) is 0 Å². The third-order valence-electron chi connectivity index (χ3n) is 3.43. The Balaban J connectivity index is 0.00000220. The van der Waals surface area contributed by atoms with Gasteiger partial charge in [-0.25, -0.2) is 0 Å². The van der Waals surface area contributed by atoms with Crippen LogP contribution in [-0.4, -0.2) is 48.5 Å². The lowest BCUT2D eigenvalue weighted by Gasteiger charge is -2.26. The van der Waals surface area contributed by atoms with Crippen LogP contribution in [-0.2, 0) is 11.2 Å². The molecular weight excluding hydrogens is 306 g/mol. The maximum atomic E-state index is 11.4. The van der Waals surface area contributed by atoms with Gasteiger partial charge in [0, 0.05) is 49.8 Å². The van der Waals surface area contributed by atoms with Gasteiger partial charge in [0.1, 0.15) is 0 Å². The van der Waals surface area contributed by atoms with Crippen LogP contribution in [0.4, 0.5) is 5.69 Å². The summed E-state index contributed by atoms with van der Waals surface area (Å²) in [6.45, 7) is 3.92. The molecule has 0 radical (unpaired) electrons. The van der Waals surface area contributed by atoms with E-state index in [2.05, 4.69) is 22.3 Å². The van der Waals surface area contributed by atoms with Gasteiger partial charge in [-0.2, -0.15) is 11.8 Å². The van der Waals surface area contributed by atoms with Gasteiger partial charge >= 0.3 is 0 Å². The minimum atomic E-state index is -0.0222. The molecule has 21 heavy (non-hydrogen) atoms. The van der Waals surface area contributed by atoms with Crippen LogP contribution in [0.1, 0.15) is 12.0 Å². The van der Waals surface area contributed by atoms with Crippen molar-refractivity contribution in [2.75, 3.05) is 43.0 Å². The zero-order valence-electron chi connectivity index (χ0n) is 12.2. The number of amides is 1. The topological polar surface area (TPSA) is 58.4 Å². The van der Waals surface area contributed by atoms with Crippen molar-refractivity contribution in [2.45, 2.75) is 12.8 Å². The number of carbonyl (C=O) groups excluding carboxylic acids is 1. The monoisotopic (exact) mass is 329 g/mol. The molecule has 118 valence electrons. The Morgan fingerprint density at radius 2 is 1.90 bits per heavy atom. The Labute approximate surface area is 137 Å². The van der Waals surface area contributed by atoms with Crippen molar-refractivity contribution in [3.8, 4) is 0 Å². The number of hydrogen-bond donors (Lipinski definition) is 2. The van der Waals surface area contributed by atoms with Crippen molar-refractivity contribution in [3.63, 3.8) is 0 Å². The zero-order valence-corrected chi connectivity index (χ0v) is 13.8. The molecule has 0 spiro atoms. The number of thioether (sulfide) groups is 1. The van der Waals surface area contributed by atoms with Crippen LogP contribution in [0.25, 0.3) is 0 Å². The average Bonchev–Trinajstić information content (AvgIpc) is 2.48. The molecule has 1 aliphatic heterocycles. The van der Waals surface area contributed by atoms with E-state index >= 15 is 0 Å². The number of nitrogens with two attached hydrogens (primary N) is 1. The summed E-state index contributed by atoms with van der Waals surface area (Å²) >= 11 is 2.04. The van der Waals surface area contributed by atoms with Gasteiger partial charge in [-0.1, -0.05) is 12.1 Å². The second kappa shape index (κ2) is 10.1. The zero-order chi connectivity index (χ0) is 14.2. The van der Waals surface area contributed by atoms with Crippen LogP contribution in [0, 0.1) is 0 Å². The van der Waals surface area contributed by atoms with Crippen molar-refractivity contribution in [3.05, 3.63) is 29.8 Å². The van der Waals surface area contributed by atoms with E-state index in [0.717, 1.165) is 18.7 Å². The molecule has 1 saturated heterocycles. The van der Waals surface area contributed by atoms with E-state index in [1.165, 1.54) is 30.2 Å². The van der Waals surface area contributed by atoms with Crippen molar-refractivity contribution in [1.82, 2.24) is 4.90 Å². The summed E-state index contributed by atoms with van der Waals surface area (Å²) < 4.78 is 0. The molecule has 1 aromatic rings. The fraction of sp³-hybridized carbons (Fsp3) is 0.533. The summed E-state index contributed by atoms with van der Waals surface area (Å²) in [5.74, 6) is 2.49. The maximum absolute atomic E-state index is 11.4. The molecule has 0 saturated carbocycles. The normalized spacial score (nSPS) is 15.3. The van der Waals surface area contributed by atoms with Gasteiger partial charge in [-0.15, -0.1) is 12.4 Å². The summed E-state index contributed by atoms with van der Waals surface area (Å²) in [6.07, 6.45) is 1.44. The van der Waals surface area contributed by atoms with Crippen LogP contribution in [0.3, 0.4) is 0 Å². The van der Waals surface area contributed by atoms with Crippen molar-refractivity contribution in [1.29, 1.82) is 0 Å². The number of carbonyl (C=O) groups is 1. The summed E-state index contributed by atoms with van der Waals surface area (Å²) in [5, 5.41) is 2.84. The molecule has 0 unspecified atom stereocenters. The quantitative estimate of drug-likeness (QED) is 0.838. The molecule has 1 fully saturated rings. The first-order chi connectivity index (χ1) is 9.78. The highest BCUT2D eigenvalue weighted by Crippen LogP contribution is 2.13. The lowest BCUT2D eigenvalue weighted by molar-refractivity contribution is -0.116. The molecule has 0 atom stereocenters. The second-order valence-electron chi connectivity index (χ2n) is 4.99. The van der Waals surface area contributed by atoms with E-state index in [9.17, 15) is 4.79 Å². The lowest BCUT2D eigenvalue weighted by Crippen LogP contribution is -2.34. The Bertz CT molecular complexity index is 421.